The first-order valence-electron chi connectivity index (χ1n) is 11.0. The van der Waals surface area contributed by atoms with E-state index in [9.17, 15) is 0 Å². The predicted octanol–water partition coefficient (Wildman–Crippen LogP) is 3.39. The molecule has 0 unspecified atom stereocenters. The van der Waals surface area contributed by atoms with Gasteiger partial charge < -0.3 is 14.8 Å². The van der Waals surface area contributed by atoms with Crippen LogP contribution < -0.4 is 9.47 Å². The molecule has 4 nitrogen and oxygen atoms in total. The van der Waals surface area contributed by atoms with Gasteiger partial charge in [-0.3, -0.25) is 0 Å². The van der Waals surface area contributed by atoms with Gasteiger partial charge in [-0.15, -0.1) is 11.7 Å². The Bertz CT molecular complexity index is 613. The Hall–Kier alpha value is -1.08. The van der Waals surface area contributed by atoms with Crippen molar-refractivity contribution in [2.24, 2.45) is 0 Å². The summed E-state index contributed by atoms with van der Waals surface area (Å²) in [6.45, 7) is 6.98. The average Bonchev–Trinajstić information content (AvgIpc) is 2.70. The molecule has 1 aromatic heterocycles. The number of quaternary nitrogens is 2. The fraction of sp³-hybridized carbons (Fsp3) is 0.583. The van der Waals surface area contributed by atoms with E-state index in [4.69, 9.17) is 5.41 Å². The molecular formula is C24H45N4S2+3. The number of hydrogen-bond acceptors (Lipinski definition) is 3. The van der Waals surface area contributed by atoms with Gasteiger partial charge in [-0.25, -0.2) is 4.57 Å². The van der Waals surface area contributed by atoms with E-state index >= 15 is 0 Å². The molecule has 0 aliphatic heterocycles. The van der Waals surface area contributed by atoms with Crippen molar-refractivity contribution < 1.29 is 14.0 Å². The normalized spacial score (nSPS) is 11.8. The van der Waals surface area contributed by atoms with Crippen LogP contribution in [-0.2, 0) is 6.54 Å². The summed E-state index contributed by atoms with van der Waals surface area (Å²) in [5.74, 6) is 1.13. The number of aryl methyl sites for hydroxylation is 2. The average molecular weight is 454 g/mol. The third-order valence-corrected chi connectivity index (χ3v) is 5.78. The van der Waals surface area contributed by atoms with E-state index in [-0.39, 0.29) is 0 Å². The summed E-state index contributed by atoms with van der Waals surface area (Å²) in [6, 6.07) is 6.38. The highest BCUT2D eigenvalue weighted by atomic mass is 33.1. The quantitative estimate of drug-likeness (QED) is 0.0754. The van der Waals surface area contributed by atoms with Gasteiger partial charge >= 0.3 is 0 Å². The van der Waals surface area contributed by atoms with Crippen LogP contribution in [0.2, 0.25) is 0 Å². The van der Waals surface area contributed by atoms with Crippen molar-refractivity contribution >= 4 is 28.7 Å². The van der Waals surface area contributed by atoms with Crippen LogP contribution in [0.5, 0.6) is 0 Å². The molecule has 30 heavy (non-hydrogen) atoms. The Balaban J connectivity index is 0.000000612. The zero-order chi connectivity index (χ0) is 22.7. The molecule has 0 aromatic carbocycles. The number of nitrogens with one attached hydrogen (secondary N) is 2. The molecule has 0 saturated carbocycles. The van der Waals surface area contributed by atoms with Crippen LogP contribution in [0, 0.1) is 12.3 Å². The molecule has 1 aromatic rings. The number of unbranched alkanes of at least 4 members (excludes halogenated alkanes) is 2. The molecule has 0 saturated heterocycles. The summed E-state index contributed by atoms with van der Waals surface area (Å²) >= 11 is 4.20. The van der Waals surface area contributed by atoms with Crippen molar-refractivity contribution in [1.82, 2.24) is 0 Å². The minimum Gasteiger partial charge on any atom is -0.340 e. The van der Waals surface area contributed by atoms with Crippen LogP contribution >= 0.6 is 22.5 Å². The summed E-state index contributed by atoms with van der Waals surface area (Å²) in [4.78, 5) is 1.50. The van der Waals surface area contributed by atoms with Crippen LogP contribution in [0.15, 0.2) is 48.7 Å². The maximum absolute atomic E-state index is 6.73. The molecule has 6 heteroatoms. The van der Waals surface area contributed by atoms with Gasteiger partial charge in [0, 0.05) is 38.1 Å². The van der Waals surface area contributed by atoms with Crippen LogP contribution in [0.3, 0.4) is 0 Å². The van der Waals surface area contributed by atoms with Gasteiger partial charge in [0.25, 0.3) is 0 Å². The van der Waals surface area contributed by atoms with Gasteiger partial charge in [-0.2, -0.15) is 0 Å². The Morgan fingerprint density at radius 2 is 1.87 bits per heavy atom. The highest BCUT2D eigenvalue weighted by Crippen LogP contribution is 2.09. The minimum atomic E-state index is 1.10. The third kappa shape index (κ3) is 17.8. The van der Waals surface area contributed by atoms with Crippen molar-refractivity contribution in [1.29, 1.82) is 5.41 Å². The van der Waals surface area contributed by atoms with Gasteiger partial charge in [0.15, 0.2) is 11.9 Å². The van der Waals surface area contributed by atoms with E-state index in [0.717, 1.165) is 23.2 Å². The monoisotopic (exact) mass is 453 g/mol. The number of nitrogens with zero attached hydrogens (tertiary/aromatic N) is 2. The molecule has 0 bridgehead atoms. The first-order chi connectivity index (χ1) is 14.3. The second-order valence-corrected chi connectivity index (χ2v) is 9.98. The van der Waals surface area contributed by atoms with E-state index in [1.54, 1.807) is 16.9 Å². The van der Waals surface area contributed by atoms with Crippen molar-refractivity contribution in [3.05, 3.63) is 54.4 Å². The lowest BCUT2D eigenvalue weighted by Gasteiger charge is -2.29. The topological polar surface area (TPSA) is 32.2 Å². The molecule has 1 rings (SSSR count). The summed E-state index contributed by atoms with van der Waals surface area (Å²) < 4.78 is 3.44. The van der Waals surface area contributed by atoms with Crippen molar-refractivity contribution in [3.8, 4) is 0 Å². The number of rotatable bonds is 14. The number of hydrogen-bond donors (Lipinski definition) is 3. The minimum absolute atomic E-state index is 1.10. The maximum Gasteiger partial charge on any atom is 0.178 e. The zero-order valence-corrected chi connectivity index (χ0v) is 21.5. The summed E-state index contributed by atoms with van der Waals surface area (Å²) in [7, 11) is 10.6. The predicted molar refractivity (Wildman–Crippen MR) is 138 cm³/mol. The fourth-order valence-corrected chi connectivity index (χ4v) is 3.72. The van der Waals surface area contributed by atoms with Crippen molar-refractivity contribution in [2.75, 3.05) is 53.6 Å². The summed E-state index contributed by atoms with van der Waals surface area (Å²) in [5.41, 5.74) is 1.35. The van der Waals surface area contributed by atoms with E-state index in [2.05, 4.69) is 81.8 Å². The Kier molecular flexibility index (Phi) is 18.0. The second-order valence-electron chi connectivity index (χ2n) is 8.54. The summed E-state index contributed by atoms with van der Waals surface area (Å²) in [6.07, 6.45) is 16.1. The molecule has 0 atom stereocenters. The van der Waals surface area contributed by atoms with Crippen molar-refractivity contribution in [3.63, 3.8) is 0 Å². The molecule has 170 valence electrons. The molecule has 1 heterocycles. The first kappa shape index (κ1) is 28.9. The lowest BCUT2D eigenvalue weighted by atomic mass is 10.2. The van der Waals surface area contributed by atoms with Crippen LogP contribution in [-0.4, -0.2) is 64.3 Å². The molecule has 0 aliphatic rings. The van der Waals surface area contributed by atoms with E-state index in [0.29, 0.717) is 0 Å². The van der Waals surface area contributed by atoms with E-state index in [1.807, 2.05) is 12.2 Å². The van der Waals surface area contributed by atoms with Crippen LogP contribution in [0.4, 0.5) is 0 Å². The zero-order valence-electron chi connectivity index (χ0n) is 19.8. The van der Waals surface area contributed by atoms with E-state index < -0.39 is 0 Å². The number of thiol groups is 1. The lowest BCUT2D eigenvalue weighted by molar-refractivity contribution is -0.888. The summed E-state index contributed by atoms with van der Waals surface area (Å²) in [5, 5.41) is 6.73. The molecule has 0 fully saturated rings. The molecule has 0 aliphatic carbocycles. The standard InChI is InChI=1S/C14H25N2S2.C10H18N2/c1-14-8-4-5-9-15(14)10-6-7-11-16(2,3)12-13-18-17;1-12(2)10-8-6-4-3-5-7-9-11/h4-5,8-9H,6-7,10-13H2,1-3H3;3-5,7,9,11H,6,8,10H2,1-2H3/q+1;/p+2/b;4-3-,7-5-,11-9?. The van der Waals surface area contributed by atoms with Gasteiger partial charge in [0.1, 0.15) is 6.54 Å². The maximum atomic E-state index is 6.73. The Labute approximate surface area is 195 Å². The van der Waals surface area contributed by atoms with Crippen LogP contribution in [0.25, 0.3) is 0 Å². The highest BCUT2D eigenvalue weighted by molar-refractivity contribution is 8.68. The highest BCUT2D eigenvalue weighted by Gasteiger charge is 2.14. The van der Waals surface area contributed by atoms with E-state index in [1.165, 1.54) is 55.7 Å². The van der Waals surface area contributed by atoms with Crippen molar-refractivity contribution in [2.45, 2.75) is 39.2 Å². The van der Waals surface area contributed by atoms with Gasteiger partial charge in [0.2, 0.25) is 0 Å². The largest absolute Gasteiger partial charge is 0.340 e. The molecule has 2 N–H and O–H groups in total. The number of pyridine rings is 1. The molecular weight excluding hydrogens is 408 g/mol. The number of allylic oxidation sites excluding steroid dienone is 4. The van der Waals surface area contributed by atoms with Gasteiger partial charge in [-0.05, 0) is 18.9 Å². The molecule has 0 spiro atoms. The Morgan fingerprint density at radius 1 is 1.10 bits per heavy atom. The molecule has 0 radical (unpaired) electrons. The smallest absolute Gasteiger partial charge is 0.178 e. The number of aromatic nitrogens is 1. The molecule has 0 amide bonds. The Morgan fingerprint density at radius 3 is 2.50 bits per heavy atom. The SMILES string of the molecule is C[NH+](C)CCC/C=C\C=C/C=N.Cc1cccc[n+]1CCCC[N+](C)(C)CCSS. The lowest BCUT2D eigenvalue weighted by Crippen LogP contribution is -3.05. The first-order valence-corrected chi connectivity index (χ1v) is 13.0. The van der Waals surface area contributed by atoms with Gasteiger partial charge in [-0.1, -0.05) is 35.1 Å². The van der Waals surface area contributed by atoms with Gasteiger partial charge in [0.05, 0.1) is 53.6 Å². The second kappa shape index (κ2) is 18.7. The van der Waals surface area contributed by atoms with Crippen LogP contribution in [0.1, 0.15) is 31.4 Å². The third-order valence-electron chi connectivity index (χ3n) is 4.87. The fourth-order valence-electron chi connectivity index (χ4n) is 2.90.